The van der Waals surface area contributed by atoms with Gasteiger partial charge in [-0.05, 0) is 13.0 Å². The van der Waals surface area contributed by atoms with Crippen molar-refractivity contribution in [1.82, 2.24) is 5.32 Å². The van der Waals surface area contributed by atoms with Crippen molar-refractivity contribution in [2.45, 2.75) is 116 Å². The van der Waals surface area contributed by atoms with Gasteiger partial charge in [0.2, 0.25) is 0 Å². The zero-order valence-electron chi connectivity index (χ0n) is 16.3. The number of rotatable bonds is 19. The van der Waals surface area contributed by atoms with E-state index in [9.17, 15) is 0 Å². The van der Waals surface area contributed by atoms with Crippen LogP contribution in [-0.4, -0.2) is 13.1 Å². The maximum atomic E-state index is 8.42. The van der Waals surface area contributed by atoms with Gasteiger partial charge in [-0.2, -0.15) is 5.26 Å². The van der Waals surface area contributed by atoms with E-state index in [1.165, 1.54) is 103 Å². The predicted octanol–water partition coefficient (Wildman–Crippen LogP) is 7.17. The van der Waals surface area contributed by atoms with Gasteiger partial charge in [-0.1, -0.05) is 103 Å². The van der Waals surface area contributed by atoms with Crippen LogP contribution in [0.25, 0.3) is 0 Å². The summed E-state index contributed by atoms with van der Waals surface area (Å²) in [6, 6.07) is 2.16. The van der Waals surface area contributed by atoms with E-state index in [4.69, 9.17) is 5.26 Å². The van der Waals surface area contributed by atoms with Crippen molar-refractivity contribution < 1.29 is 0 Å². The lowest BCUT2D eigenvalue weighted by molar-refractivity contribution is 0.526. The first-order valence-corrected chi connectivity index (χ1v) is 10.5. The van der Waals surface area contributed by atoms with Gasteiger partial charge in [0.05, 0.1) is 6.07 Å². The molecule has 0 amide bonds. The van der Waals surface area contributed by atoms with Crippen molar-refractivity contribution in [2.24, 2.45) is 0 Å². The molecule has 2 nitrogen and oxygen atoms in total. The summed E-state index contributed by atoms with van der Waals surface area (Å²) in [6.45, 7) is 4.23. The molecule has 0 heterocycles. The van der Waals surface area contributed by atoms with Crippen LogP contribution < -0.4 is 5.32 Å². The first kappa shape index (κ1) is 26.0. The smallest absolute Gasteiger partial charge is 0.0635 e. The van der Waals surface area contributed by atoms with Gasteiger partial charge in [-0.25, -0.2) is 0 Å². The van der Waals surface area contributed by atoms with Gasteiger partial charge in [0.15, 0.2) is 0 Å². The van der Waals surface area contributed by atoms with E-state index in [1.54, 1.807) is 0 Å². The van der Waals surface area contributed by atoms with Gasteiger partial charge in [0.1, 0.15) is 0 Å². The normalized spacial score (nSPS) is 10.3. The summed E-state index contributed by atoms with van der Waals surface area (Å²) < 4.78 is 0. The minimum Gasteiger partial charge on any atom is -0.316 e. The van der Waals surface area contributed by atoms with E-state index in [2.05, 4.69) is 18.3 Å². The Hall–Kier alpha value is -0.260. The molecule has 0 atom stereocenters. The Morgan fingerprint density at radius 2 is 0.958 bits per heavy atom. The van der Waals surface area contributed by atoms with Gasteiger partial charge < -0.3 is 5.32 Å². The molecule has 0 rings (SSSR count). The van der Waals surface area contributed by atoms with E-state index in [0.717, 1.165) is 13.1 Å². The number of nitrogens with zero attached hydrogens (tertiary/aromatic N) is 1. The molecule has 0 aromatic carbocycles. The Morgan fingerprint density at radius 1 is 0.583 bits per heavy atom. The molecule has 0 radical (unpaired) electrons. The van der Waals surface area contributed by atoms with Crippen LogP contribution in [0.5, 0.6) is 0 Å². The van der Waals surface area contributed by atoms with Gasteiger partial charge in [-0.3, -0.25) is 0 Å². The fraction of sp³-hybridized carbons (Fsp3) is 0.952. The Morgan fingerprint density at radius 3 is 1.33 bits per heavy atom. The maximum absolute atomic E-state index is 8.42. The van der Waals surface area contributed by atoms with Crippen LogP contribution in [0.2, 0.25) is 0 Å². The van der Waals surface area contributed by atoms with Gasteiger partial charge in [0.25, 0.3) is 0 Å². The molecule has 0 fully saturated rings. The molecule has 0 saturated heterocycles. The van der Waals surface area contributed by atoms with Gasteiger partial charge in [0, 0.05) is 13.0 Å². The molecule has 0 aromatic heterocycles. The van der Waals surface area contributed by atoms with Crippen LogP contribution in [0.4, 0.5) is 0 Å². The predicted molar refractivity (Wildman–Crippen MR) is 110 cm³/mol. The summed E-state index contributed by atoms with van der Waals surface area (Å²) in [5.74, 6) is 0. The summed E-state index contributed by atoms with van der Waals surface area (Å²) in [5.41, 5.74) is 0. The average molecular weight is 359 g/mol. The highest BCUT2D eigenvalue weighted by molar-refractivity contribution is 5.85. The number of halogens is 1. The zero-order chi connectivity index (χ0) is 16.8. The standard InChI is InChI=1S/C21H42N2.ClH/c1-2-3-4-5-6-7-8-9-10-11-12-13-14-15-16-17-20-23-21-18-19-22;/h23H,2-18,20-21H2,1H3;1H. The molecule has 0 unspecified atom stereocenters. The first-order chi connectivity index (χ1) is 11.4. The molecule has 0 aliphatic rings. The molecule has 0 saturated carbocycles. The van der Waals surface area contributed by atoms with Crippen molar-refractivity contribution in [3.63, 3.8) is 0 Å². The Labute approximate surface area is 158 Å². The molecular formula is C21H43ClN2. The van der Waals surface area contributed by atoms with Crippen LogP contribution in [0, 0.1) is 11.3 Å². The van der Waals surface area contributed by atoms with Crippen LogP contribution in [0.3, 0.4) is 0 Å². The maximum Gasteiger partial charge on any atom is 0.0635 e. The molecule has 144 valence electrons. The third kappa shape index (κ3) is 24.0. The SMILES string of the molecule is CCCCCCCCCCCCCCCCCCNCCC#N.Cl. The molecule has 0 aliphatic heterocycles. The average Bonchev–Trinajstić information content (AvgIpc) is 2.57. The quantitative estimate of drug-likeness (QED) is 0.248. The van der Waals surface area contributed by atoms with Crippen LogP contribution in [0.15, 0.2) is 0 Å². The van der Waals surface area contributed by atoms with Crippen molar-refractivity contribution in [2.75, 3.05) is 13.1 Å². The highest BCUT2D eigenvalue weighted by atomic mass is 35.5. The fourth-order valence-corrected chi connectivity index (χ4v) is 3.07. The van der Waals surface area contributed by atoms with Crippen molar-refractivity contribution in [1.29, 1.82) is 5.26 Å². The van der Waals surface area contributed by atoms with Crippen LogP contribution in [-0.2, 0) is 0 Å². The van der Waals surface area contributed by atoms with E-state index >= 15 is 0 Å². The number of nitrogens with one attached hydrogen (secondary N) is 1. The molecule has 0 aliphatic carbocycles. The Kier molecular flexibility index (Phi) is 27.0. The summed E-state index contributed by atoms with van der Waals surface area (Å²) in [7, 11) is 0. The molecular weight excluding hydrogens is 316 g/mol. The van der Waals surface area contributed by atoms with Crippen molar-refractivity contribution >= 4 is 12.4 Å². The topological polar surface area (TPSA) is 35.8 Å². The number of hydrogen-bond donors (Lipinski definition) is 1. The van der Waals surface area contributed by atoms with Gasteiger partial charge in [-0.15, -0.1) is 12.4 Å². The second kappa shape index (κ2) is 25.0. The zero-order valence-corrected chi connectivity index (χ0v) is 17.1. The molecule has 3 heteroatoms. The molecule has 24 heavy (non-hydrogen) atoms. The highest BCUT2D eigenvalue weighted by Gasteiger charge is 1.94. The second-order valence-corrected chi connectivity index (χ2v) is 6.96. The summed E-state index contributed by atoms with van der Waals surface area (Å²) in [6.07, 6.45) is 23.4. The summed E-state index contributed by atoms with van der Waals surface area (Å²) >= 11 is 0. The molecule has 0 spiro atoms. The first-order valence-electron chi connectivity index (χ1n) is 10.5. The van der Waals surface area contributed by atoms with Crippen molar-refractivity contribution in [3.05, 3.63) is 0 Å². The second-order valence-electron chi connectivity index (χ2n) is 6.96. The number of nitriles is 1. The van der Waals surface area contributed by atoms with E-state index in [-0.39, 0.29) is 12.4 Å². The molecule has 0 bridgehead atoms. The highest BCUT2D eigenvalue weighted by Crippen LogP contribution is 2.13. The van der Waals surface area contributed by atoms with Crippen LogP contribution >= 0.6 is 12.4 Å². The summed E-state index contributed by atoms with van der Waals surface area (Å²) in [4.78, 5) is 0. The molecule has 0 aromatic rings. The van der Waals surface area contributed by atoms with E-state index < -0.39 is 0 Å². The van der Waals surface area contributed by atoms with E-state index in [0.29, 0.717) is 6.42 Å². The lowest BCUT2D eigenvalue weighted by Crippen LogP contribution is -2.15. The van der Waals surface area contributed by atoms with Crippen molar-refractivity contribution in [3.8, 4) is 6.07 Å². The third-order valence-electron chi connectivity index (χ3n) is 4.62. The minimum atomic E-state index is 0. The Bertz CT molecular complexity index is 251. The lowest BCUT2D eigenvalue weighted by Gasteiger charge is -2.04. The van der Waals surface area contributed by atoms with Gasteiger partial charge >= 0.3 is 0 Å². The third-order valence-corrected chi connectivity index (χ3v) is 4.62. The number of unbranched alkanes of at least 4 members (excludes halogenated alkanes) is 15. The summed E-state index contributed by atoms with van der Waals surface area (Å²) in [5, 5.41) is 11.7. The molecule has 1 N–H and O–H groups in total. The fourth-order valence-electron chi connectivity index (χ4n) is 3.07. The van der Waals surface area contributed by atoms with Crippen LogP contribution in [0.1, 0.15) is 116 Å². The van der Waals surface area contributed by atoms with E-state index in [1.807, 2.05) is 0 Å². The largest absolute Gasteiger partial charge is 0.316 e. The Balaban J connectivity index is 0. The monoisotopic (exact) mass is 358 g/mol. The minimum absolute atomic E-state index is 0. The lowest BCUT2D eigenvalue weighted by atomic mass is 10.0. The number of hydrogen-bond acceptors (Lipinski definition) is 2.